The van der Waals surface area contributed by atoms with Crippen LogP contribution in [0.4, 0.5) is 0 Å². The quantitative estimate of drug-likeness (QED) is 0.625. The number of carboxylic acid groups (broad SMARTS) is 2. The summed E-state index contributed by atoms with van der Waals surface area (Å²) in [4.78, 5) is 26.0. The third-order valence-corrected chi connectivity index (χ3v) is 3.07. The first-order valence-corrected chi connectivity index (χ1v) is 6.63. The normalized spacial score (nSPS) is 10.8. The van der Waals surface area contributed by atoms with Crippen molar-refractivity contribution < 1.29 is 24.5 Å². The highest BCUT2D eigenvalue weighted by Gasteiger charge is 2.28. The second-order valence-corrected chi connectivity index (χ2v) is 4.61. The number of fused-ring (bicyclic) bond motifs is 1. The lowest BCUT2D eigenvalue weighted by Crippen LogP contribution is -2.35. The van der Waals surface area contributed by atoms with Crippen molar-refractivity contribution in [1.82, 2.24) is 4.98 Å². The molecule has 0 atom stereocenters. The fraction of sp³-hybridized carbons (Fsp3) is 0.214. The van der Waals surface area contributed by atoms with Crippen LogP contribution in [0.1, 0.15) is 5.56 Å². The molecular formula is C14H12ClNO5. The van der Waals surface area contributed by atoms with E-state index in [0.717, 1.165) is 10.9 Å². The van der Waals surface area contributed by atoms with Crippen LogP contribution in [0.3, 0.4) is 0 Å². The number of hydrogen-bond donors (Lipinski definition) is 2. The van der Waals surface area contributed by atoms with Crippen LogP contribution in [0.25, 0.3) is 10.9 Å². The second kappa shape index (κ2) is 6.41. The molecule has 2 N–H and O–H groups in total. The highest BCUT2D eigenvalue weighted by Crippen LogP contribution is 2.28. The zero-order valence-electron chi connectivity index (χ0n) is 10.8. The van der Waals surface area contributed by atoms with Crippen molar-refractivity contribution in [2.75, 3.05) is 5.88 Å². The average Bonchev–Trinajstić information content (AvgIpc) is 2.46. The molecule has 7 heteroatoms. The highest BCUT2D eigenvalue weighted by molar-refractivity contribution is 6.18. The maximum atomic E-state index is 10.9. The Morgan fingerprint density at radius 1 is 1.24 bits per heavy atom. The van der Waals surface area contributed by atoms with Crippen molar-refractivity contribution in [1.29, 1.82) is 0 Å². The topological polar surface area (TPSA) is 96.7 Å². The summed E-state index contributed by atoms with van der Waals surface area (Å²) in [6, 6.07) is 6.77. The first kappa shape index (κ1) is 15.1. The van der Waals surface area contributed by atoms with Crippen LogP contribution in [-0.2, 0) is 16.0 Å². The zero-order chi connectivity index (χ0) is 15.4. The Morgan fingerprint density at radius 3 is 2.57 bits per heavy atom. The predicted molar refractivity (Wildman–Crippen MR) is 75.9 cm³/mol. The summed E-state index contributed by atoms with van der Waals surface area (Å²) in [6.07, 6.45) is 0.163. The number of rotatable bonds is 6. The lowest BCUT2D eigenvalue weighted by Gasteiger charge is -2.14. The van der Waals surface area contributed by atoms with Crippen LogP contribution in [0, 0.1) is 0 Å². The van der Waals surface area contributed by atoms with Gasteiger partial charge in [-0.05, 0) is 24.1 Å². The van der Waals surface area contributed by atoms with Gasteiger partial charge in [0, 0.05) is 17.5 Å². The summed E-state index contributed by atoms with van der Waals surface area (Å²) in [5.41, 5.74) is 1.34. The van der Waals surface area contributed by atoms with Crippen LogP contribution < -0.4 is 4.74 Å². The van der Waals surface area contributed by atoms with Gasteiger partial charge >= 0.3 is 11.9 Å². The Kier molecular flexibility index (Phi) is 4.59. The van der Waals surface area contributed by atoms with E-state index in [9.17, 15) is 9.59 Å². The number of aryl methyl sites for hydroxylation is 1. The van der Waals surface area contributed by atoms with Crippen LogP contribution in [0.2, 0.25) is 0 Å². The highest BCUT2D eigenvalue weighted by atomic mass is 35.5. The molecule has 0 aliphatic carbocycles. The van der Waals surface area contributed by atoms with Gasteiger partial charge in [0.05, 0.1) is 0 Å². The molecule has 2 rings (SSSR count). The van der Waals surface area contributed by atoms with Gasteiger partial charge in [0.2, 0.25) is 0 Å². The third-order valence-electron chi connectivity index (χ3n) is 2.88. The molecule has 0 unspecified atom stereocenters. The number of nitrogens with zero attached hydrogens (tertiary/aromatic N) is 1. The molecule has 0 bridgehead atoms. The van der Waals surface area contributed by atoms with E-state index in [1.54, 1.807) is 18.2 Å². The van der Waals surface area contributed by atoms with E-state index in [-0.39, 0.29) is 5.75 Å². The maximum absolute atomic E-state index is 10.9. The summed E-state index contributed by atoms with van der Waals surface area (Å²) < 4.78 is 5.09. The Bertz CT molecular complexity index is 674. The maximum Gasteiger partial charge on any atom is 0.356 e. The number of aliphatic carboxylic acids is 2. The Labute approximate surface area is 124 Å². The summed E-state index contributed by atoms with van der Waals surface area (Å²) in [5, 5.41) is 18.5. The molecule has 6 nitrogen and oxygen atoms in total. The number of hydrogen-bond acceptors (Lipinski definition) is 4. The average molecular weight is 310 g/mol. The van der Waals surface area contributed by atoms with Crippen LogP contribution >= 0.6 is 11.6 Å². The molecule has 1 aromatic heterocycles. The van der Waals surface area contributed by atoms with Gasteiger partial charge in [-0.1, -0.05) is 12.1 Å². The fourth-order valence-corrected chi connectivity index (χ4v) is 2.16. The SMILES string of the molecule is O=C(O)C(Oc1ccc(CCCl)c2cccnc12)C(=O)O. The van der Waals surface area contributed by atoms with E-state index in [1.807, 2.05) is 0 Å². The molecule has 0 saturated carbocycles. The van der Waals surface area contributed by atoms with Gasteiger partial charge in [-0.15, -0.1) is 11.6 Å². The Balaban J connectivity index is 2.48. The number of aromatic nitrogens is 1. The molecule has 0 amide bonds. The van der Waals surface area contributed by atoms with Gasteiger partial charge in [0.25, 0.3) is 6.10 Å². The summed E-state index contributed by atoms with van der Waals surface area (Å²) in [6.45, 7) is 0. The molecule has 110 valence electrons. The molecule has 1 heterocycles. The molecule has 0 saturated heterocycles. The van der Waals surface area contributed by atoms with E-state index in [1.165, 1.54) is 12.3 Å². The monoisotopic (exact) mass is 309 g/mol. The van der Waals surface area contributed by atoms with Crippen LogP contribution in [-0.4, -0.2) is 39.1 Å². The van der Waals surface area contributed by atoms with Gasteiger partial charge in [-0.3, -0.25) is 4.98 Å². The third kappa shape index (κ3) is 3.22. The molecule has 1 aromatic carbocycles. The summed E-state index contributed by atoms with van der Waals surface area (Å²) in [7, 11) is 0. The van der Waals surface area contributed by atoms with Crippen molar-refractivity contribution in [3.63, 3.8) is 0 Å². The Morgan fingerprint density at radius 2 is 1.95 bits per heavy atom. The number of benzene rings is 1. The van der Waals surface area contributed by atoms with Crippen molar-refractivity contribution >= 4 is 34.4 Å². The Hall–Kier alpha value is -2.34. The number of carboxylic acids is 2. The first-order valence-electron chi connectivity index (χ1n) is 6.09. The number of pyridine rings is 1. The number of carbonyl (C=O) groups is 2. The minimum absolute atomic E-state index is 0.110. The van der Waals surface area contributed by atoms with E-state index in [4.69, 9.17) is 26.6 Å². The van der Waals surface area contributed by atoms with Gasteiger partial charge < -0.3 is 14.9 Å². The fourth-order valence-electron chi connectivity index (χ4n) is 1.95. The van der Waals surface area contributed by atoms with E-state index in [2.05, 4.69) is 4.98 Å². The molecule has 0 fully saturated rings. The van der Waals surface area contributed by atoms with Crippen molar-refractivity contribution in [2.24, 2.45) is 0 Å². The summed E-state index contributed by atoms with van der Waals surface area (Å²) in [5.74, 6) is -2.61. The molecule has 0 aliphatic rings. The largest absolute Gasteiger partial charge is 0.478 e. The lowest BCUT2D eigenvalue weighted by molar-refractivity contribution is -0.158. The van der Waals surface area contributed by atoms with E-state index < -0.39 is 18.0 Å². The van der Waals surface area contributed by atoms with Crippen LogP contribution in [0.15, 0.2) is 30.5 Å². The smallest absolute Gasteiger partial charge is 0.356 e. The van der Waals surface area contributed by atoms with Crippen molar-refractivity contribution in [3.05, 3.63) is 36.0 Å². The minimum Gasteiger partial charge on any atom is -0.478 e. The van der Waals surface area contributed by atoms with Crippen molar-refractivity contribution in [2.45, 2.75) is 12.5 Å². The minimum atomic E-state index is -1.98. The molecule has 0 spiro atoms. The standard InChI is InChI=1S/C14H12ClNO5/c15-6-5-8-3-4-10(11-9(8)2-1-7-16-11)21-12(13(17)18)14(19)20/h1-4,7,12H,5-6H2,(H,17,18)(H,19,20). The predicted octanol–water partition coefficient (Wildman–Crippen LogP) is 1.93. The van der Waals surface area contributed by atoms with Gasteiger partial charge in [-0.25, -0.2) is 9.59 Å². The van der Waals surface area contributed by atoms with E-state index >= 15 is 0 Å². The van der Waals surface area contributed by atoms with E-state index in [0.29, 0.717) is 17.8 Å². The van der Waals surface area contributed by atoms with Gasteiger partial charge in [0.1, 0.15) is 11.3 Å². The van der Waals surface area contributed by atoms with Gasteiger partial charge in [-0.2, -0.15) is 0 Å². The van der Waals surface area contributed by atoms with Crippen molar-refractivity contribution in [3.8, 4) is 5.75 Å². The lowest BCUT2D eigenvalue weighted by atomic mass is 10.1. The summed E-state index contributed by atoms with van der Waals surface area (Å²) >= 11 is 5.74. The molecular weight excluding hydrogens is 298 g/mol. The van der Waals surface area contributed by atoms with Crippen LogP contribution in [0.5, 0.6) is 5.75 Å². The number of alkyl halides is 1. The zero-order valence-corrected chi connectivity index (χ0v) is 11.6. The molecule has 2 aromatic rings. The molecule has 0 radical (unpaired) electrons. The molecule has 0 aliphatic heterocycles. The second-order valence-electron chi connectivity index (χ2n) is 4.24. The number of halogens is 1. The van der Waals surface area contributed by atoms with Gasteiger partial charge in [0.15, 0.2) is 0 Å². The molecule has 21 heavy (non-hydrogen) atoms. The number of ether oxygens (including phenoxy) is 1. The first-order chi connectivity index (χ1) is 10.0.